The zero-order chi connectivity index (χ0) is 22.3. The van der Waals surface area contributed by atoms with Crippen LogP contribution in [0, 0.1) is 0 Å². The Bertz CT molecular complexity index is 876. The first-order chi connectivity index (χ1) is 14.8. The standard InChI is InChI=1S/C25H32N2O3S/c1-25(2,3)30-24(28)27-16-8-11-21(27)18-29-22-14-12-19(13-15-22)17-23(31-4)26-20-9-6-5-7-10-20/h5-7,9-10,12-15,21H,8,11,16-18H2,1-4H3. The van der Waals surface area contributed by atoms with Crippen LogP contribution in [0.5, 0.6) is 5.75 Å². The summed E-state index contributed by atoms with van der Waals surface area (Å²) in [4.78, 5) is 19.0. The summed E-state index contributed by atoms with van der Waals surface area (Å²) in [6, 6.07) is 18.2. The second-order valence-electron chi connectivity index (χ2n) is 8.65. The van der Waals surface area contributed by atoms with E-state index in [0.717, 1.165) is 42.3 Å². The highest BCUT2D eigenvalue weighted by molar-refractivity contribution is 8.13. The molecule has 1 aliphatic heterocycles. The first-order valence-electron chi connectivity index (χ1n) is 10.7. The summed E-state index contributed by atoms with van der Waals surface area (Å²) in [6.45, 7) is 6.87. The third-order valence-corrected chi connectivity index (χ3v) is 5.68. The molecule has 1 atom stereocenters. The molecular weight excluding hydrogens is 408 g/mol. The highest BCUT2D eigenvalue weighted by atomic mass is 32.2. The number of nitrogens with zero attached hydrogens (tertiary/aromatic N) is 2. The van der Waals surface area contributed by atoms with E-state index in [2.05, 4.69) is 18.4 Å². The smallest absolute Gasteiger partial charge is 0.410 e. The van der Waals surface area contributed by atoms with E-state index in [1.807, 2.05) is 63.2 Å². The largest absolute Gasteiger partial charge is 0.491 e. The van der Waals surface area contributed by atoms with E-state index in [4.69, 9.17) is 14.5 Å². The summed E-state index contributed by atoms with van der Waals surface area (Å²) in [7, 11) is 0. The predicted molar refractivity (Wildman–Crippen MR) is 129 cm³/mol. The van der Waals surface area contributed by atoms with Gasteiger partial charge in [0.2, 0.25) is 0 Å². The number of thioether (sulfide) groups is 1. The number of amides is 1. The number of ether oxygens (including phenoxy) is 2. The van der Waals surface area contributed by atoms with Crippen LogP contribution in [0.25, 0.3) is 0 Å². The number of carbonyl (C=O) groups excluding carboxylic acids is 1. The van der Waals surface area contributed by atoms with Crippen molar-refractivity contribution in [1.82, 2.24) is 4.90 Å². The van der Waals surface area contributed by atoms with Gasteiger partial charge >= 0.3 is 6.09 Å². The van der Waals surface area contributed by atoms with E-state index in [0.29, 0.717) is 6.61 Å². The lowest BCUT2D eigenvalue weighted by Crippen LogP contribution is -2.42. The zero-order valence-electron chi connectivity index (χ0n) is 18.8. The fourth-order valence-electron chi connectivity index (χ4n) is 3.44. The third kappa shape index (κ3) is 7.31. The molecule has 0 aliphatic carbocycles. The molecule has 3 rings (SSSR count). The molecule has 5 nitrogen and oxygen atoms in total. The van der Waals surface area contributed by atoms with Crippen LogP contribution in [0.4, 0.5) is 10.5 Å². The molecule has 1 saturated heterocycles. The third-order valence-electron chi connectivity index (χ3n) is 4.97. The molecule has 0 spiro atoms. The number of aliphatic imine (C=N–C) groups is 1. The monoisotopic (exact) mass is 440 g/mol. The molecular formula is C25H32N2O3S. The summed E-state index contributed by atoms with van der Waals surface area (Å²) < 4.78 is 11.5. The van der Waals surface area contributed by atoms with Gasteiger partial charge in [0, 0.05) is 13.0 Å². The van der Waals surface area contributed by atoms with Crippen LogP contribution in [-0.2, 0) is 11.2 Å². The van der Waals surface area contributed by atoms with Gasteiger partial charge in [-0.2, -0.15) is 0 Å². The van der Waals surface area contributed by atoms with Crippen molar-refractivity contribution in [3.63, 3.8) is 0 Å². The second-order valence-corrected chi connectivity index (χ2v) is 9.53. The Labute approximate surface area is 189 Å². The molecule has 1 aliphatic rings. The fraction of sp³-hybridized carbons (Fsp3) is 0.440. The minimum absolute atomic E-state index is 0.0515. The molecule has 6 heteroatoms. The first-order valence-corrected chi connectivity index (χ1v) is 11.9. The van der Waals surface area contributed by atoms with Gasteiger partial charge < -0.3 is 14.4 Å². The van der Waals surface area contributed by atoms with Crippen molar-refractivity contribution in [2.75, 3.05) is 19.4 Å². The van der Waals surface area contributed by atoms with Gasteiger partial charge in [-0.25, -0.2) is 9.79 Å². The average molecular weight is 441 g/mol. The van der Waals surface area contributed by atoms with Crippen LogP contribution >= 0.6 is 11.8 Å². The zero-order valence-corrected chi connectivity index (χ0v) is 19.7. The van der Waals surface area contributed by atoms with Gasteiger partial charge in [0.15, 0.2) is 0 Å². The van der Waals surface area contributed by atoms with Crippen LogP contribution in [0.1, 0.15) is 39.2 Å². The Kier molecular flexibility index (Phi) is 8.02. The lowest BCUT2D eigenvalue weighted by molar-refractivity contribution is 0.0187. The van der Waals surface area contributed by atoms with Crippen LogP contribution in [0.15, 0.2) is 59.6 Å². The Morgan fingerprint density at radius 3 is 2.48 bits per heavy atom. The number of hydrogen-bond donors (Lipinski definition) is 0. The van der Waals surface area contributed by atoms with E-state index in [9.17, 15) is 4.79 Å². The number of carbonyl (C=O) groups is 1. The van der Waals surface area contributed by atoms with Gasteiger partial charge in [-0.15, -0.1) is 11.8 Å². The van der Waals surface area contributed by atoms with Gasteiger partial charge in [-0.3, -0.25) is 0 Å². The fourth-order valence-corrected chi connectivity index (χ4v) is 3.95. The molecule has 0 bridgehead atoms. The van der Waals surface area contributed by atoms with E-state index in [1.165, 1.54) is 5.56 Å². The molecule has 31 heavy (non-hydrogen) atoms. The Balaban J connectivity index is 1.54. The lowest BCUT2D eigenvalue weighted by Gasteiger charge is -2.28. The van der Waals surface area contributed by atoms with Gasteiger partial charge in [0.05, 0.1) is 16.8 Å². The normalized spacial score (nSPS) is 17.0. The summed E-state index contributed by atoms with van der Waals surface area (Å²) in [5.74, 6) is 0.811. The van der Waals surface area contributed by atoms with Crippen molar-refractivity contribution in [3.8, 4) is 5.75 Å². The summed E-state index contributed by atoms with van der Waals surface area (Å²) in [5, 5.41) is 1.07. The number of benzene rings is 2. The van der Waals surface area contributed by atoms with Gasteiger partial charge in [0.1, 0.15) is 18.0 Å². The maximum Gasteiger partial charge on any atom is 0.410 e. The molecule has 0 N–H and O–H groups in total. The molecule has 0 radical (unpaired) electrons. The number of hydrogen-bond acceptors (Lipinski definition) is 5. The highest BCUT2D eigenvalue weighted by Crippen LogP contribution is 2.23. The topological polar surface area (TPSA) is 51.1 Å². The molecule has 1 unspecified atom stereocenters. The van der Waals surface area contributed by atoms with Crippen LogP contribution in [0.2, 0.25) is 0 Å². The van der Waals surface area contributed by atoms with Crippen LogP contribution in [-0.4, -0.2) is 47.1 Å². The molecule has 0 saturated carbocycles. The van der Waals surface area contributed by atoms with Crippen molar-refractivity contribution < 1.29 is 14.3 Å². The minimum Gasteiger partial charge on any atom is -0.491 e. The SMILES string of the molecule is CSC(Cc1ccc(OCC2CCCN2C(=O)OC(C)(C)C)cc1)=Nc1ccccc1. The van der Waals surface area contributed by atoms with Crippen LogP contribution in [0.3, 0.4) is 0 Å². The van der Waals surface area contributed by atoms with Gasteiger partial charge in [-0.05, 0) is 69.7 Å². The predicted octanol–water partition coefficient (Wildman–Crippen LogP) is 6.10. The lowest BCUT2D eigenvalue weighted by atomic mass is 10.1. The average Bonchev–Trinajstić information content (AvgIpc) is 3.21. The quantitative estimate of drug-likeness (QED) is 0.402. The maximum atomic E-state index is 12.4. The number of likely N-dealkylation sites (tertiary alicyclic amines) is 1. The Morgan fingerprint density at radius 2 is 1.84 bits per heavy atom. The summed E-state index contributed by atoms with van der Waals surface area (Å²) in [6.07, 6.45) is 4.49. The van der Waals surface area contributed by atoms with Crippen molar-refractivity contribution >= 4 is 28.6 Å². The Hall–Kier alpha value is -2.47. The first kappa shape index (κ1) is 23.2. The van der Waals surface area contributed by atoms with Crippen molar-refractivity contribution in [2.24, 2.45) is 4.99 Å². The number of rotatable bonds is 6. The molecule has 1 fully saturated rings. The van der Waals surface area contributed by atoms with E-state index in [1.54, 1.807) is 16.7 Å². The van der Waals surface area contributed by atoms with Crippen molar-refractivity contribution in [2.45, 2.75) is 51.7 Å². The molecule has 2 aromatic carbocycles. The molecule has 1 amide bonds. The van der Waals surface area contributed by atoms with Gasteiger partial charge in [0.25, 0.3) is 0 Å². The molecule has 2 aromatic rings. The van der Waals surface area contributed by atoms with E-state index in [-0.39, 0.29) is 12.1 Å². The minimum atomic E-state index is -0.486. The second kappa shape index (κ2) is 10.7. The molecule has 1 heterocycles. The number of para-hydroxylation sites is 1. The van der Waals surface area contributed by atoms with Crippen molar-refractivity contribution in [3.05, 3.63) is 60.2 Å². The van der Waals surface area contributed by atoms with Gasteiger partial charge in [-0.1, -0.05) is 30.3 Å². The summed E-state index contributed by atoms with van der Waals surface area (Å²) >= 11 is 1.67. The Morgan fingerprint density at radius 1 is 1.13 bits per heavy atom. The van der Waals surface area contributed by atoms with Crippen molar-refractivity contribution in [1.29, 1.82) is 0 Å². The molecule has 166 valence electrons. The maximum absolute atomic E-state index is 12.4. The summed E-state index contributed by atoms with van der Waals surface area (Å²) in [5.41, 5.74) is 1.67. The molecule has 0 aromatic heterocycles. The van der Waals surface area contributed by atoms with E-state index < -0.39 is 5.60 Å². The highest BCUT2D eigenvalue weighted by Gasteiger charge is 2.32. The van der Waals surface area contributed by atoms with E-state index >= 15 is 0 Å². The van der Waals surface area contributed by atoms with Crippen LogP contribution < -0.4 is 4.74 Å².